The van der Waals surface area contributed by atoms with Crippen molar-refractivity contribution in [2.45, 2.75) is 25.2 Å². The molecule has 0 bridgehead atoms. The number of nitrogens with two attached hydrogens (primary N) is 1. The second-order valence-corrected chi connectivity index (χ2v) is 9.13. The van der Waals surface area contributed by atoms with Crippen LogP contribution >= 0.6 is 0 Å². The van der Waals surface area contributed by atoms with Crippen molar-refractivity contribution in [3.63, 3.8) is 0 Å². The Morgan fingerprint density at radius 3 is 2.76 bits per heavy atom. The highest BCUT2D eigenvalue weighted by Crippen LogP contribution is 2.24. The number of amidine groups is 1. The second kappa shape index (κ2) is 10.7. The summed E-state index contributed by atoms with van der Waals surface area (Å²) in [5, 5.41) is 13.3. The first-order chi connectivity index (χ1) is 17.9. The molecule has 2 fully saturated rings. The summed E-state index contributed by atoms with van der Waals surface area (Å²) in [6.45, 7) is 3.01. The first-order valence-corrected chi connectivity index (χ1v) is 12.2. The van der Waals surface area contributed by atoms with Gasteiger partial charge in [-0.2, -0.15) is 0 Å². The third kappa shape index (κ3) is 5.33. The fourth-order valence-corrected chi connectivity index (χ4v) is 4.68. The van der Waals surface area contributed by atoms with E-state index in [-0.39, 0.29) is 25.5 Å². The van der Waals surface area contributed by atoms with E-state index in [0.717, 1.165) is 16.7 Å². The molecule has 5 rings (SSSR count). The van der Waals surface area contributed by atoms with Crippen LogP contribution in [0.2, 0.25) is 0 Å². The molecule has 194 valence electrons. The highest BCUT2D eigenvalue weighted by atomic mass is 16.5. The number of morpholine rings is 2. The molecule has 11 nitrogen and oxygen atoms in total. The van der Waals surface area contributed by atoms with Gasteiger partial charge in [-0.25, -0.2) is 0 Å². The number of aliphatic imine (C=N–C) groups is 1. The Kier molecular flexibility index (Phi) is 7.17. The maximum atomic E-state index is 13.2. The molecule has 0 unspecified atom stereocenters. The lowest BCUT2D eigenvalue weighted by molar-refractivity contribution is -0.150. The maximum Gasteiger partial charge on any atom is 0.259 e. The molecular formula is C26H29N5O6. The number of ether oxygens (including phenoxy) is 2. The zero-order valence-corrected chi connectivity index (χ0v) is 20.3. The van der Waals surface area contributed by atoms with Crippen molar-refractivity contribution < 1.29 is 29.0 Å². The van der Waals surface area contributed by atoms with E-state index in [2.05, 4.69) is 10.3 Å². The van der Waals surface area contributed by atoms with Gasteiger partial charge in [0.1, 0.15) is 5.84 Å². The van der Waals surface area contributed by atoms with Crippen LogP contribution in [-0.2, 0) is 36.8 Å². The molecule has 0 radical (unpaired) electrons. The number of benzene rings is 2. The number of carbonyl (C=O) groups is 3. The number of nitrogens with zero attached hydrogens (tertiary/aromatic N) is 3. The topological polar surface area (TPSA) is 147 Å². The molecular weight excluding hydrogens is 478 g/mol. The van der Waals surface area contributed by atoms with Crippen LogP contribution in [0.3, 0.4) is 0 Å². The van der Waals surface area contributed by atoms with Gasteiger partial charge >= 0.3 is 0 Å². The maximum absolute atomic E-state index is 13.2. The van der Waals surface area contributed by atoms with Gasteiger partial charge in [0.05, 0.1) is 32.8 Å². The first-order valence-electron chi connectivity index (χ1n) is 12.2. The molecule has 2 aromatic carbocycles. The minimum absolute atomic E-state index is 0.000437. The van der Waals surface area contributed by atoms with Crippen molar-refractivity contribution in [2.75, 3.05) is 49.7 Å². The number of carbonyl (C=O) groups excluding carboxylic acids is 3. The minimum Gasteiger partial charge on any atom is -0.383 e. The van der Waals surface area contributed by atoms with E-state index in [1.54, 1.807) is 41.3 Å². The van der Waals surface area contributed by atoms with Crippen molar-refractivity contribution >= 4 is 34.9 Å². The molecule has 11 heteroatoms. The number of rotatable bonds is 6. The predicted octanol–water partition coefficient (Wildman–Crippen LogP) is 0.0382. The molecule has 3 aliphatic heterocycles. The summed E-state index contributed by atoms with van der Waals surface area (Å²) in [5.41, 5.74) is 9.32. The van der Waals surface area contributed by atoms with E-state index in [0.29, 0.717) is 50.1 Å². The number of nitrogens with one attached hydrogen (secondary N) is 1. The lowest BCUT2D eigenvalue weighted by Gasteiger charge is -2.34. The normalized spacial score (nSPS) is 20.3. The van der Waals surface area contributed by atoms with Crippen LogP contribution in [0, 0.1) is 0 Å². The van der Waals surface area contributed by atoms with Crippen LogP contribution in [0.5, 0.6) is 0 Å². The number of fused-ring (bicyclic) bond motifs is 1. The fraction of sp³-hybridized carbons (Fsp3) is 0.385. The molecule has 37 heavy (non-hydrogen) atoms. The molecule has 0 saturated carbocycles. The number of aliphatic hydroxyl groups is 1. The molecule has 2 aromatic rings. The number of hydrogen-bond donors (Lipinski definition) is 3. The van der Waals surface area contributed by atoms with Crippen molar-refractivity contribution in [1.29, 1.82) is 0 Å². The summed E-state index contributed by atoms with van der Waals surface area (Å²) >= 11 is 0. The summed E-state index contributed by atoms with van der Waals surface area (Å²) in [5.74, 6) is -0.833. The molecule has 3 amide bonds. The average Bonchev–Trinajstić information content (AvgIpc) is 3.28. The van der Waals surface area contributed by atoms with Gasteiger partial charge < -0.3 is 35.4 Å². The van der Waals surface area contributed by atoms with Gasteiger partial charge in [-0.3, -0.25) is 19.4 Å². The zero-order chi connectivity index (χ0) is 25.9. The number of aliphatic hydroxyl groups excluding tert-OH is 1. The Labute approximate surface area is 213 Å². The van der Waals surface area contributed by atoms with E-state index < -0.39 is 24.0 Å². The fourth-order valence-electron chi connectivity index (χ4n) is 4.68. The van der Waals surface area contributed by atoms with E-state index in [1.807, 2.05) is 6.07 Å². The molecule has 4 N–H and O–H groups in total. The van der Waals surface area contributed by atoms with Crippen LogP contribution in [-0.4, -0.2) is 85.2 Å². The second-order valence-electron chi connectivity index (χ2n) is 9.13. The van der Waals surface area contributed by atoms with Crippen LogP contribution in [0.25, 0.3) is 0 Å². The van der Waals surface area contributed by atoms with Crippen molar-refractivity contribution in [3.8, 4) is 0 Å². The van der Waals surface area contributed by atoms with Gasteiger partial charge in [0.25, 0.3) is 11.8 Å². The molecule has 0 spiro atoms. The Bertz CT molecular complexity index is 1240. The first kappa shape index (κ1) is 24.9. The number of hydrogen-bond acceptors (Lipinski definition) is 8. The molecule has 3 aliphatic rings. The number of amides is 3. The van der Waals surface area contributed by atoms with Crippen molar-refractivity contribution in [3.05, 3.63) is 59.2 Å². The Balaban J connectivity index is 1.24. The molecule has 3 heterocycles. The van der Waals surface area contributed by atoms with Gasteiger partial charge in [0, 0.05) is 36.6 Å². The van der Waals surface area contributed by atoms with Crippen LogP contribution < -0.4 is 16.0 Å². The van der Waals surface area contributed by atoms with Gasteiger partial charge in [-0.1, -0.05) is 12.1 Å². The predicted molar refractivity (Wildman–Crippen MR) is 135 cm³/mol. The summed E-state index contributed by atoms with van der Waals surface area (Å²) in [6.07, 6.45) is -2.87. The summed E-state index contributed by atoms with van der Waals surface area (Å²) in [7, 11) is 0. The third-order valence-corrected chi connectivity index (χ3v) is 6.69. The molecule has 2 atom stereocenters. The molecule has 0 aromatic heterocycles. The standard InChI is InChI=1S/C26H29N5O6/c27-24-20-5-4-18(14-17(20)15-28-24)29-25(34)22(33)23-26(35)31(8-11-37-23)19-3-1-2-16(12-19)13-21(32)30-6-9-36-10-7-30/h1-5,12,14,22-23,33H,6-11,13,15H2,(H2,27,28)(H,29,34)/t22-,23-/m1/s1. The monoisotopic (exact) mass is 507 g/mol. The lowest BCUT2D eigenvalue weighted by Crippen LogP contribution is -2.55. The van der Waals surface area contributed by atoms with E-state index in [4.69, 9.17) is 15.2 Å². The minimum atomic E-state index is -1.71. The SMILES string of the molecule is NC1=NCc2cc(NC(=O)[C@H](O)[C@H]3OCCN(c4cccc(CC(=O)N5CCOCC5)c4)C3=O)ccc21. The summed E-state index contributed by atoms with van der Waals surface area (Å²) < 4.78 is 10.8. The Morgan fingerprint density at radius 1 is 1.14 bits per heavy atom. The highest BCUT2D eigenvalue weighted by molar-refractivity contribution is 6.05. The quantitative estimate of drug-likeness (QED) is 0.500. The lowest BCUT2D eigenvalue weighted by atomic mass is 10.1. The van der Waals surface area contributed by atoms with E-state index >= 15 is 0 Å². The van der Waals surface area contributed by atoms with Gasteiger partial charge in [0.15, 0.2) is 12.2 Å². The smallest absolute Gasteiger partial charge is 0.259 e. The van der Waals surface area contributed by atoms with E-state index in [9.17, 15) is 19.5 Å². The zero-order valence-electron chi connectivity index (χ0n) is 20.3. The third-order valence-electron chi connectivity index (χ3n) is 6.69. The largest absolute Gasteiger partial charge is 0.383 e. The average molecular weight is 508 g/mol. The summed E-state index contributed by atoms with van der Waals surface area (Å²) in [4.78, 5) is 46.1. The van der Waals surface area contributed by atoms with Gasteiger partial charge in [0.2, 0.25) is 5.91 Å². The van der Waals surface area contributed by atoms with Crippen molar-refractivity contribution in [2.24, 2.45) is 10.7 Å². The summed E-state index contributed by atoms with van der Waals surface area (Å²) in [6, 6.07) is 12.3. The van der Waals surface area contributed by atoms with Crippen LogP contribution in [0.15, 0.2) is 47.5 Å². The Hall–Kier alpha value is -3.80. The van der Waals surface area contributed by atoms with Crippen LogP contribution in [0.4, 0.5) is 11.4 Å². The molecule has 2 saturated heterocycles. The highest BCUT2D eigenvalue weighted by Gasteiger charge is 2.39. The Morgan fingerprint density at radius 2 is 1.95 bits per heavy atom. The van der Waals surface area contributed by atoms with Gasteiger partial charge in [-0.15, -0.1) is 0 Å². The van der Waals surface area contributed by atoms with Crippen LogP contribution in [0.1, 0.15) is 16.7 Å². The molecule has 0 aliphatic carbocycles. The van der Waals surface area contributed by atoms with Gasteiger partial charge in [-0.05, 0) is 41.5 Å². The van der Waals surface area contributed by atoms with E-state index in [1.165, 1.54) is 4.90 Å². The number of anilines is 2. The van der Waals surface area contributed by atoms with Crippen molar-refractivity contribution in [1.82, 2.24) is 4.90 Å².